The van der Waals surface area contributed by atoms with Gasteiger partial charge in [-0.1, -0.05) is 22.0 Å². The monoisotopic (exact) mass is 392 g/mol. The van der Waals surface area contributed by atoms with Crippen LogP contribution >= 0.6 is 15.9 Å². The molecular formula is C18H21BrN2O3. The predicted octanol–water partition coefficient (Wildman–Crippen LogP) is 3.23. The highest BCUT2D eigenvalue weighted by Crippen LogP contribution is 2.31. The molecule has 0 radical (unpaired) electrons. The number of hydrogen-bond acceptors (Lipinski definition) is 4. The number of alkyl halides is 1. The van der Waals surface area contributed by atoms with Crippen LogP contribution in [0.1, 0.15) is 29.8 Å². The Balaban J connectivity index is 2.02. The summed E-state index contributed by atoms with van der Waals surface area (Å²) in [7, 11) is 0. The highest BCUT2D eigenvalue weighted by atomic mass is 79.9. The van der Waals surface area contributed by atoms with Crippen LogP contribution < -0.4 is 10.3 Å². The standard InChI is InChI=1S/C18H21BrN2O3/c1-11-8-14(12(2)19)18-15(9-11)16(23)10-17(24-18)21-6-4-20(5-7-21)13(3)22/h8-10,12H,4-7H2,1-3H3. The predicted molar refractivity (Wildman–Crippen MR) is 99.0 cm³/mol. The molecule has 1 unspecified atom stereocenters. The van der Waals surface area contributed by atoms with Gasteiger partial charge in [0.25, 0.3) is 0 Å². The third-order valence-electron chi connectivity index (χ3n) is 4.45. The lowest BCUT2D eigenvalue weighted by atomic mass is 10.0. The van der Waals surface area contributed by atoms with Crippen molar-refractivity contribution in [2.24, 2.45) is 0 Å². The minimum absolute atomic E-state index is 0.0293. The van der Waals surface area contributed by atoms with Crippen LogP contribution in [0.25, 0.3) is 11.0 Å². The molecule has 2 heterocycles. The first kappa shape index (κ1) is 17.0. The minimum Gasteiger partial charge on any atom is -0.440 e. The zero-order valence-corrected chi connectivity index (χ0v) is 15.7. The van der Waals surface area contributed by atoms with Gasteiger partial charge in [0.1, 0.15) is 5.58 Å². The molecule has 1 aliphatic heterocycles. The van der Waals surface area contributed by atoms with Crippen LogP contribution in [-0.2, 0) is 4.79 Å². The largest absolute Gasteiger partial charge is 0.440 e. The van der Waals surface area contributed by atoms with Gasteiger partial charge in [0.15, 0.2) is 11.3 Å². The fraction of sp³-hybridized carbons (Fsp3) is 0.444. The summed E-state index contributed by atoms with van der Waals surface area (Å²) >= 11 is 3.59. The number of benzene rings is 1. The van der Waals surface area contributed by atoms with Crippen molar-refractivity contribution in [1.29, 1.82) is 0 Å². The maximum absolute atomic E-state index is 12.6. The number of hydrogen-bond donors (Lipinski definition) is 0. The summed E-state index contributed by atoms with van der Waals surface area (Å²) in [6.07, 6.45) is 0. The first-order chi connectivity index (χ1) is 11.4. The molecule has 0 saturated carbocycles. The second-order valence-electron chi connectivity index (χ2n) is 6.29. The molecule has 1 aromatic heterocycles. The summed E-state index contributed by atoms with van der Waals surface area (Å²) in [6.45, 7) is 8.20. The van der Waals surface area contributed by atoms with E-state index in [1.807, 2.05) is 35.8 Å². The number of halogens is 1. The summed E-state index contributed by atoms with van der Waals surface area (Å²) in [6, 6.07) is 5.48. The van der Waals surface area contributed by atoms with E-state index in [1.54, 1.807) is 13.0 Å². The third-order valence-corrected chi connectivity index (χ3v) is 4.95. The van der Waals surface area contributed by atoms with Crippen molar-refractivity contribution in [2.45, 2.75) is 25.6 Å². The Bertz CT molecular complexity index is 836. The summed E-state index contributed by atoms with van der Waals surface area (Å²) < 4.78 is 6.12. The molecule has 5 nitrogen and oxygen atoms in total. The van der Waals surface area contributed by atoms with E-state index in [4.69, 9.17) is 4.42 Å². The second kappa shape index (κ2) is 6.59. The van der Waals surface area contributed by atoms with E-state index >= 15 is 0 Å². The zero-order chi connectivity index (χ0) is 17.4. The molecule has 6 heteroatoms. The summed E-state index contributed by atoms with van der Waals surface area (Å²) in [5.74, 6) is 0.662. The van der Waals surface area contributed by atoms with Crippen LogP contribution in [0, 0.1) is 6.92 Å². The second-order valence-corrected chi connectivity index (χ2v) is 7.66. The number of aryl methyl sites for hydroxylation is 1. The van der Waals surface area contributed by atoms with Crippen LogP contribution in [0.5, 0.6) is 0 Å². The summed E-state index contributed by atoms with van der Waals surface area (Å²) in [5.41, 5.74) is 2.63. The zero-order valence-electron chi connectivity index (χ0n) is 14.1. The van der Waals surface area contributed by atoms with Crippen molar-refractivity contribution in [3.63, 3.8) is 0 Å². The van der Waals surface area contributed by atoms with E-state index in [-0.39, 0.29) is 16.2 Å². The third kappa shape index (κ3) is 3.20. The van der Waals surface area contributed by atoms with Gasteiger partial charge in [-0.2, -0.15) is 0 Å². The Morgan fingerprint density at radius 3 is 2.46 bits per heavy atom. The fourth-order valence-electron chi connectivity index (χ4n) is 3.12. The van der Waals surface area contributed by atoms with Crippen molar-refractivity contribution >= 4 is 38.7 Å². The number of carbonyl (C=O) groups is 1. The Morgan fingerprint density at radius 2 is 1.88 bits per heavy atom. The van der Waals surface area contributed by atoms with Crippen molar-refractivity contribution in [3.8, 4) is 0 Å². The molecule has 0 aliphatic carbocycles. The Labute approximate surface area is 149 Å². The van der Waals surface area contributed by atoms with Crippen molar-refractivity contribution < 1.29 is 9.21 Å². The van der Waals surface area contributed by atoms with E-state index in [1.165, 1.54) is 0 Å². The van der Waals surface area contributed by atoms with Gasteiger partial charge >= 0.3 is 0 Å². The highest BCUT2D eigenvalue weighted by Gasteiger charge is 2.22. The molecule has 0 spiro atoms. The molecule has 3 rings (SSSR count). The maximum Gasteiger partial charge on any atom is 0.219 e. The molecule has 0 bridgehead atoms. The molecule has 128 valence electrons. The number of piperazine rings is 1. The molecular weight excluding hydrogens is 372 g/mol. The summed E-state index contributed by atoms with van der Waals surface area (Å²) in [4.78, 5) is 28.0. The minimum atomic E-state index is -0.0293. The molecule has 1 aromatic carbocycles. The van der Waals surface area contributed by atoms with Gasteiger partial charge in [-0.25, -0.2) is 0 Å². The van der Waals surface area contributed by atoms with Gasteiger partial charge in [-0.05, 0) is 25.5 Å². The Morgan fingerprint density at radius 1 is 1.21 bits per heavy atom. The highest BCUT2D eigenvalue weighted by molar-refractivity contribution is 9.09. The molecule has 1 fully saturated rings. The van der Waals surface area contributed by atoms with Gasteiger partial charge in [0.05, 0.1) is 5.39 Å². The molecule has 1 amide bonds. The van der Waals surface area contributed by atoms with Crippen LogP contribution in [0.2, 0.25) is 0 Å². The van der Waals surface area contributed by atoms with Gasteiger partial charge in [-0.15, -0.1) is 0 Å². The quantitative estimate of drug-likeness (QED) is 0.736. The number of anilines is 1. The average Bonchev–Trinajstić information content (AvgIpc) is 2.54. The lowest BCUT2D eigenvalue weighted by Gasteiger charge is -2.34. The smallest absolute Gasteiger partial charge is 0.219 e. The van der Waals surface area contributed by atoms with E-state index in [9.17, 15) is 9.59 Å². The molecule has 1 atom stereocenters. The van der Waals surface area contributed by atoms with Crippen LogP contribution in [0.4, 0.5) is 5.88 Å². The number of fused-ring (bicyclic) bond motifs is 1. The van der Waals surface area contributed by atoms with Gasteiger partial charge in [0, 0.05) is 49.6 Å². The van der Waals surface area contributed by atoms with Crippen molar-refractivity contribution in [2.75, 3.05) is 31.1 Å². The lowest BCUT2D eigenvalue weighted by molar-refractivity contribution is -0.129. The fourth-order valence-corrected chi connectivity index (χ4v) is 3.46. The number of carbonyl (C=O) groups excluding carboxylic acids is 1. The normalized spacial score (nSPS) is 16.5. The Kier molecular flexibility index (Phi) is 4.67. The molecule has 1 aliphatic rings. The first-order valence-corrected chi connectivity index (χ1v) is 9.01. The SMILES string of the molecule is CC(=O)N1CCN(c2cc(=O)c3cc(C)cc(C(C)Br)c3o2)CC1. The van der Waals surface area contributed by atoms with Crippen LogP contribution in [0.3, 0.4) is 0 Å². The van der Waals surface area contributed by atoms with E-state index < -0.39 is 0 Å². The Hall–Kier alpha value is -1.82. The number of rotatable bonds is 2. The van der Waals surface area contributed by atoms with E-state index in [2.05, 4.69) is 15.9 Å². The average molecular weight is 393 g/mol. The molecule has 0 N–H and O–H groups in total. The van der Waals surface area contributed by atoms with E-state index in [0.29, 0.717) is 43.0 Å². The van der Waals surface area contributed by atoms with Crippen LogP contribution in [0.15, 0.2) is 27.4 Å². The molecule has 24 heavy (non-hydrogen) atoms. The first-order valence-electron chi connectivity index (χ1n) is 8.09. The summed E-state index contributed by atoms with van der Waals surface area (Å²) in [5, 5.41) is 0.613. The molecule has 2 aromatic rings. The van der Waals surface area contributed by atoms with Gasteiger partial charge in [0.2, 0.25) is 5.91 Å². The van der Waals surface area contributed by atoms with Gasteiger partial charge < -0.3 is 14.2 Å². The lowest BCUT2D eigenvalue weighted by Crippen LogP contribution is -2.48. The number of amides is 1. The maximum atomic E-state index is 12.6. The van der Waals surface area contributed by atoms with Crippen molar-refractivity contribution in [1.82, 2.24) is 4.90 Å². The van der Waals surface area contributed by atoms with Crippen molar-refractivity contribution in [3.05, 3.63) is 39.5 Å². The van der Waals surface area contributed by atoms with E-state index in [0.717, 1.165) is 11.1 Å². The van der Waals surface area contributed by atoms with Crippen LogP contribution in [-0.4, -0.2) is 37.0 Å². The topological polar surface area (TPSA) is 53.8 Å². The molecule has 1 saturated heterocycles. The number of nitrogens with zero attached hydrogens (tertiary/aromatic N) is 2. The van der Waals surface area contributed by atoms with Gasteiger partial charge in [-0.3, -0.25) is 9.59 Å².